The summed E-state index contributed by atoms with van der Waals surface area (Å²) in [5.74, 6) is 0.218. The molecule has 17 heavy (non-hydrogen) atoms. The summed E-state index contributed by atoms with van der Waals surface area (Å²) in [4.78, 5) is 13.6. The van der Waals surface area contributed by atoms with Gasteiger partial charge in [0.25, 0.3) is 0 Å². The van der Waals surface area contributed by atoms with Crippen molar-refractivity contribution in [2.75, 3.05) is 25.0 Å². The predicted molar refractivity (Wildman–Crippen MR) is 72.2 cm³/mol. The molecule has 0 aromatic heterocycles. The first-order chi connectivity index (χ1) is 8.17. The van der Waals surface area contributed by atoms with Crippen LogP contribution in [0.25, 0.3) is 0 Å². The first-order valence-corrected chi connectivity index (χ1v) is 6.25. The van der Waals surface area contributed by atoms with E-state index in [0.717, 1.165) is 18.8 Å². The highest BCUT2D eigenvalue weighted by Crippen LogP contribution is 2.09. The number of hydrogen-bond donors (Lipinski definition) is 1. The minimum absolute atomic E-state index is 0.218. The Balaban J connectivity index is 2.35. The molecule has 0 atom stereocenters. The highest BCUT2D eigenvalue weighted by atomic mass is 16.2. The Hall–Kier alpha value is -1.51. The van der Waals surface area contributed by atoms with Gasteiger partial charge in [-0.3, -0.25) is 4.79 Å². The van der Waals surface area contributed by atoms with Crippen molar-refractivity contribution in [1.29, 1.82) is 0 Å². The first kappa shape index (κ1) is 13.6. The van der Waals surface area contributed by atoms with E-state index in [1.165, 1.54) is 5.56 Å². The second-order valence-electron chi connectivity index (χ2n) is 4.11. The van der Waals surface area contributed by atoms with Crippen molar-refractivity contribution >= 4 is 11.6 Å². The molecule has 3 heteroatoms. The number of nitrogens with zero attached hydrogens (tertiary/aromatic N) is 1. The monoisotopic (exact) mass is 234 g/mol. The largest absolute Gasteiger partial charge is 0.385 e. The molecular weight excluding hydrogens is 212 g/mol. The summed E-state index contributed by atoms with van der Waals surface area (Å²) in [6.07, 6.45) is 0.551. The third-order valence-electron chi connectivity index (χ3n) is 2.80. The van der Waals surface area contributed by atoms with Crippen LogP contribution in [0.3, 0.4) is 0 Å². The number of carbonyl (C=O) groups excluding carboxylic acids is 1. The number of benzene rings is 1. The highest BCUT2D eigenvalue weighted by Gasteiger charge is 2.08. The van der Waals surface area contributed by atoms with E-state index >= 15 is 0 Å². The number of aryl methyl sites for hydroxylation is 1. The normalized spacial score (nSPS) is 10.1. The van der Waals surface area contributed by atoms with Gasteiger partial charge in [0.1, 0.15) is 0 Å². The minimum Gasteiger partial charge on any atom is -0.385 e. The third kappa shape index (κ3) is 4.47. The van der Waals surface area contributed by atoms with Crippen LogP contribution in [-0.4, -0.2) is 30.4 Å². The van der Waals surface area contributed by atoms with Crippen molar-refractivity contribution in [2.24, 2.45) is 0 Å². The van der Waals surface area contributed by atoms with E-state index < -0.39 is 0 Å². The van der Waals surface area contributed by atoms with Crippen molar-refractivity contribution in [3.63, 3.8) is 0 Å². The maximum Gasteiger partial charge on any atom is 0.224 e. The zero-order valence-electron chi connectivity index (χ0n) is 11.0. The third-order valence-corrected chi connectivity index (χ3v) is 2.80. The van der Waals surface area contributed by atoms with Gasteiger partial charge in [-0.2, -0.15) is 0 Å². The van der Waals surface area contributed by atoms with E-state index in [2.05, 4.69) is 24.4 Å². The van der Waals surface area contributed by atoms with Gasteiger partial charge >= 0.3 is 0 Å². The van der Waals surface area contributed by atoms with Crippen LogP contribution in [0, 0.1) is 6.92 Å². The fourth-order valence-corrected chi connectivity index (χ4v) is 1.80. The summed E-state index contributed by atoms with van der Waals surface area (Å²) in [6.45, 7) is 8.36. The van der Waals surface area contributed by atoms with Gasteiger partial charge in [-0.15, -0.1) is 0 Å². The molecular formula is C14H22N2O. The van der Waals surface area contributed by atoms with E-state index in [9.17, 15) is 4.79 Å². The second kappa shape index (κ2) is 6.94. The number of rotatable bonds is 6. The van der Waals surface area contributed by atoms with Crippen LogP contribution in [0.1, 0.15) is 25.8 Å². The number of hydrogen-bond acceptors (Lipinski definition) is 2. The zero-order valence-corrected chi connectivity index (χ0v) is 11.0. The fraction of sp³-hybridized carbons (Fsp3) is 0.500. The van der Waals surface area contributed by atoms with Gasteiger partial charge in [-0.25, -0.2) is 0 Å². The number of nitrogens with one attached hydrogen (secondary N) is 1. The van der Waals surface area contributed by atoms with Crippen LogP contribution in [0.2, 0.25) is 0 Å². The van der Waals surface area contributed by atoms with Gasteiger partial charge in [0.2, 0.25) is 5.91 Å². The Morgan fingerprint density at radius 2 is 2.00 bits per heavy atom. The van der Waals surface area contributed by atoms with Gasteiger partial charge in [0.05, 0.1) is 0 Å². The van der Waals surface area contributed by atoms with E-state index in [4.69, 9.17) is 0 Å². The van der Waals surface area contributed by atoms with Gasteiger partial charge < -0.3 is 10.2 Å². The Labute approximate surface area is 104 Å². The lowest BCUT2D eigenvalue weighted by atomic mass is 10.2. The number of anilines is 1. The van der Waals surface area contributed by atoms with Crippen molar-refractivity contribution in [1.82, 2.24) is 4.90 Å². The van der Waals surface area contributed by atoms with E-state index in [1.54, 1.807) is 0 Å². The fourth-order valence-electron chi connectivity index (χ4n) is 1.80. The lowest BCUT2D eigenvalue weighted by Gasteiger charge is -2.18. The molecule has 0 aliphatic heterocycles. The molecule has 1 aromatic rings. The molecule has 94 valence electrons. The number of amides is 1. The van der Waals surface area contributed by atoms with Gasteiger partial charge in [-0.1, -0.05) is 12.1 Å². The second-order valence-corrected chi connectivity index (χ2v) is 4.11. The van der Waals surface area contributed by atoms with Crippen molar-refractivity contribution in [3.8, 4) is 0 Å². The molecule has 1 rings (SSSR count). The molecule has 1 amide bonds. The van der Waals surface area contributed by atoms with Gasteiger partial charge in [0, 0.05) is 31.7 Å². The van der Waals surface area contributed by atoms with Crippen molar-refractivity contribution in [3.05, 3.63) is 29.8 Å². The molecule has 0 aliphatic rings. The summed E-state index contributed by atoms with van der Waals surface area (Å²) < 4.78 is 0. The molecule has 1 N–H and O–H groups in total. The molecule has 0 spiro atoms. The van der Waals surface area contributed by atoms with Crippen LogP contribution < -0.4 is 5.32 Å². The molecule has 0 unspecified atom stereocenters. The van der Waals surface area contributed by atoms with Crippen LogP contribution >= 0.6 is 0 Å². The zero-order chi connectivity index (χ0) is 12.7. The van der Waals surface area contributed by atoms with Gasteiger partial charge in [0.15, 0.2) is 0 Å². The standard InChI is InChI=1S/C14H22N2O/c1-4-16(5-2)14(17)9-10-15-13-8-6-7-12(3)11-13/h6-8,11,15H,4-5,9-10H2,1-3H3. The summed E-state index contributed by atoms with van der Waals surface area (Å²) in [5.41, 5.74) is 2.31. The molecule has 3 nitrogen and oxygen atoms in total. The molecule has 1 aromatic carbocycles. The molecule has 0 saturated carbocycles. The first-order valence-electron chi connectivity index (χ1n) is 6.25. The van der Waals surface area contributed by atoms with Crippen LogP contribution in [-0.2, 0) is 4.79 Å². The summed E-state index contributed by atoms with van der Waals surface area (Å²) in [7, 11) is 0. The molecule has 0 heterocycles. The maximum absolute atomic E-state index is 11.7. The summed E-state index contributed by atoms with van der Waals surface area (Å²) in [6, 6.07) is 8.19. The van der Waals surface area contributed by atoms with Crippen LogP contribution in [0.4, 0.5) is 5.69 Å². The molecule has 0 saturated heterocycles. The van der Waals surface area contributed by atoms with Crippen molar-refractivity contribution < 1.29 is 4.79 Å². The van der Waals surface area contributed by atoms with Crippen molar-refractivity contribution in [2.45, 2.75) is 27.2 Å². The van der Waals surface area contributed by atoms with Crippen LogP contribution in [0.15, 0.2) is 24.3 Å². The van der Waals surface area contributed by atoms with E-state index in [0.29, 0.717) is 13.0 Å². The topological polar surface area (TPSA) is 32.3 Å². The van der Waals surface area contributed by atoms with E-state index in [-0.39, 0.29) is 5.91 Å². The smallest absolute Gasteiger partial charge is 0.224 e. The average Bonchev–Trinajstić information content (AvgIpc) is 2.30. The predicted octanol–water partition coefficient (Wildman–Crippen LogP) is 2.67. The maximum atomic E-state index is 11.7. The van der Waals surface area contributed by atoms with E-state index in [1.807, 2.05) is 30.9 Å². The molecule has 0 aliphatic carbocycles. The SMILES string of the molecule is CCN(CC)C(=O)CCNc1cccc(C)c1. The summed E-state index contributed by atoms with van der Waals surface area (Å²) in [5, 5.41) is 3.27. The molecule has 0 fully saturated rings. The lowest BCUT2D eigenvalue weighted by molar-refractivity contribution is -0.130. The molecule has 0 radical (unpaired) electrons. The number of carbonyl (C=O) groups is 1. The minimum atomic E-state index is 0.218. The van der Waals surface area contributed by atoms with Gasteiger partial charge in [-0.05, 0) is 38.5 Å². The lowest BCUT2D eigenvalue weighted by Crippen LogP contribution is -2.31. The molecule has 0 bridgehead atoms. The Bertz CT molecular complexity index is 359. The Morgan fingerprint density at radius 1 is 1.29 bits per heavy atom. The average molecular weight is 234 g/mol. The summed E-state index contributed by atoms with van der Waals surface area (Å²) >= 11 is 0. The quantitative estimate of drug-likeness (QED) is 0.820. The Morgan fingerprint density at radius 3 is 2.59 bits per heavy atom. The Kier molecular flexibility index (Phi) is 5.53. The van der Waals surface area contributed by atoms with Crippen LogP contribution in [0.5, 0.6) is 0 Å². The highest BCUT2D eigenvalue weighted by molar-refractivity contribution is 5.76.